The second-order valence-corrected chi connectivity index (χ2v) is 2.84. The van der Waals surface area contributed by atoms with Gasteiger partial charge in [0.15, 0.2) is 0 Å². The Balaban J connectivity index is 2.23. The summed E-state index contributed by atoms with van der Waals surface area (Å²) in [5, 5.41) is 17.0. The van der Waals surface area contributed by atoms with Crippen LogP contribution in [0.2, 0.25) is 0 Å². The van der Waals surface area contributed by atoms with Gasteiger partial charge in [-0.25, -0.2) is 0 Å². The average molecular weight is 140 g/mol. The van der Waals surface area contributed by atoms with Gasteiger partial charge in [-0.05, 0) is 18.8 Å². The third kappa shape index (κ3) is 2.54. The highest BCUT2D eigenvalue weighted by Gasteiger charge is 2.12. The molecule has 0 heterocycles. The fourth-order valence-corrected chi connectivity index (χ4v) is 1.41. The molecule has 56 valence electrons. The normalized spacial score (nSPS) is 20.6. The molecule has 0 radical (unpaired) electrons. The summed E-state index contributed by atoms with van der Waals surface area (Å²) in [5.74, 6) is 2.05. The first-order valence-corrected chi connectivity index (χ1v) is 3.83. The van der Waals surface area contributed by atoms with Crippen molar-refractivity contribution in [1.82, 2.24) is 0 Å². The molecule has 1 fully saturated rings. The molecule has 0 spiro atoms. The molecule has 0 bridgehead atoms. The second kappa shape index (κ2) is 3.79. The Kier molecular flexibility index (Phi) is 2.96. The van der Waals surface area contributed by atoms with Gasteiger partial charge in [0.05, 0.1) is 0 Å². The molecule has 0 aliphatic heterocycles. The van der Waals surface area contributed by atoms with Gasteiger partial charge >= 0.3 is 7.12 Å². The van der Waals surface area contributed by atoms with Crippen LogP contribution in [0.5, 0.6) is 0 Å². The molecule has 1 rings (SSSR count). The monoisotopic (exact) mass is 140 g/mol. The van der Waals surface area contributed by atoms with E-state index in [9.17, 15) is 0 Å². The number of allylic oxidation sites excluding steroid dienone is 1. The largest absolute Gasteiger partial charge is 0.480 e. The van der Waals surface area contributed by atoms with Crippen LogP contribution in [0.25, 0.3) is 0 Å². The van der Waals surface area contributed by atoms with Gasteiger partial charge in [-0.15, -0.1) is 0 Å². The van der Waals surface area contributed by atoms with E-state index in [2.05, 4.69) is 0 Å². The molecule has 0 aromatic rings. The zero-order chi connectivity index (χ0) is 7.40. The lowest BCUT2D eigenvalue weighted by atomic mass is 9.89. The van der Waals surface area contributed by atoms with Crippen LogP contribution in [0.4, 0.5) is 0 Å². The summed E-state index contributed by atoms with van der Waals surface area (Å²) in [6, 6.07) is 0. The maximum absolute atomic E-state index is 8.48. The predicted molar refractivity (Wildman–Crippen MR) is 41.3 cm³/mol. The van der Waals surface area contributed by atoms with Gasteiger partial charge in [0, 0.05) is 0 Å². The van der Waals surface area contributed by atoms with Crippen molar-refractivity contribution in [2.45, 2.75) is 25.7 Å². The molecule has 1 aliphatic carbocycles. The van der Waals surface area contributed by atoms with Gasteiger partial charge in [0.2, 0.25) is 0 Å². The summed E-state index contributed by atoms with van der Waals surface area (Å²) in [6.45, 7) is 0. The lowest BCUT2D eigenvalue weighted by molar-refractivity contribution is 0.423. The van der Waals surface area contributed by atoms with Crippen molar-refractivity contribution < 1.29 is 10.0 Å². The zero-order valence-electron chi connectivity index (χ0n) is 6.03. The molecule has 0 atom stereocenters. The van der Waals surface area contributed by atoms with Gasteiger partial charge < -0.3 is 10.0 Å². The van der Waals surface area contributed by atoms with Crippen molar-refractivity contribution in [1.29, 1.82) is 0 Å². The van der Waals surface area contributed by atoms with Gasteiger partial charge in [-0.1, -0.05) is 24.9 Å². The van der Waals surface area contributed by atoms with E-state index < -0.39 is 7.12 Å². The molecule has 0 aromatic carbocycles. The molecule has 2 N–H and O–H groups in total. The van der Waals surface area contributed by atoms with E-state index in [-0.39, 0.29) is 0 Å². The quantitative estimate of drug-likeness (QED) is 0.555. The van der Waals surface area contributed by atoms with Gasteiger partial charge in [-0.3, -0.25) is 0 Å². The Labute approximate surface area is 61.7 Å². The van der Waals surface area contributed by atoms with Crippen molar-refractivity contribution in [2.24, 2.45) is 5.92 Å². The molecule has 0 unspecified atom stereocenters. The summed E-state index contributed by atoms with van der Waals surface area (Å²) in [5.41, 5.74) is 0. The summed E-state index contributed by atoms with van der Waals surface area (Å²) in [7, 11) is -1.26. The maximum atomic E-state index is 8.48. The minimum atomic E-state index is -1.26. The first kappa shape index (κ1) is 7.83. The van der Waals surface area contributed by atoms with Gasteiger partial charge in [-0.2, -0.15) is 0 Å². The first-order chi connectivity index (χ1) is 4.79. The fraction of sp³-hybridized carbons (Fsp3) is 0.714. The molecule has 0 saturated heterocycles. The third-order valence-electron chi connectivity index (χ3n) is 1.96. The standard InChI is InChI=1S/C7H13BO2/c9-8(10)6-5-7-3-1-2-4-7/h5-7,9-10H,1-4H2. The van der Waals surface area contributed by atoms with E-state index in [1.54, 1.807) is 0 Å². The van der Waals surface area contributed by atoms with Crippen LogP contribution < -0.4 is 0 Å². The summed E-state index contributed by atoms with van der Waals surface area (Å²) >= 11 is 0. The van der Waals surface area contributed by atoms with E-state index >= 15 is 0 Å². The van der Waals surface area contributed by atoms with Crippen LogP contribution >= 0.6 is 0 Å². The Bertz CT molecular complexity index is 117. The average Bonchev–Trinajstić information content (AvgIpc) is 2.34. The second-order valence-electron chi connectivity index (χ2n) is 2.84. The SMILES string of the molecule is OB(O)C=CC1CCCC1. The van der Waals surface area contributed by atoms with Crippen LogP contribution in [0.1, 0.15) is 25.7 Å². The highest BCUT2D eigenvalue weighted by molar-refractivity contribution is 6.47. The summed E-state index contributed by atoms with van der Waals surface area (Å²) in [6.07, 6.45) is 6.91. The van der Waals surface area contributed by atoms with Crippen molar-refractivity contribution in [3.05, 3.63) is 12.1 Å². The lowest BCUT2D eigenvalue weighted by Crippen LogP contribution is -2.06. The predicted octanol–water partition coefficient (Wildman–Crippen LogP) is 0.745. The van der Waals surface area contributed by atoms with Crippen molar-refractivity contribution in [3.8, 4) is 0 Å². The Hall–Kier alpha value is -0.275. The van der Waals surface area contributed by atoms with E-state index in [0.717, 1.165) is 0 Å². The van der Waals surface area contributed by atoms with Gasteiger partial charge in [0.1, 0.15) is 0 Å². The first-order valence-electron chi connectivity index (χ1n) is 3.83. The highest BCUT2D eigenvalue weighted by atomic mass is 16.4. The van der Waals surface area contributed by atoms with Crippen LogP contribution in [0.15, 0.2) is 12.1 Å². The lowest BCUT2D eigenvalue weighted by Gasteiger charge is -1.98. The molecule has 0 aromatic heterocycles. The number of hydrogen-bond acceptors (Lipinski definition) is 2. The molecule has 1 saturated carbocycles. The fourth-order valence-electron chi connectivity index (χ4n) is 1.41. The smallest absolute Gasteiger partial charge is 0.424 e. The molecular weight excluding hydrogens is 127 g/mol. The highest BCUT2D eigenvalue weighted by Crippen LogP contribution is 2.25. The molecule has 0 amide bonds. The van der Waals surface area contributed by atoms with E-state index in [4.69, 9.17) is 10.0 Å². The Morgan fingerprint density at radius 1 is 1.20 bits per heavy atom. The number of rotatable bonds is 2. The Morgan fingerprint density at radius 2 is 1.80 bits per heavy atom. The molecule has 2 nitrogen and oxygen atoms in total. The van der Waals surface area contributed by atoms with Gasteiger partial charge in [0.25, 0.3) is 0 Å². The van der Waals surface area contributed by atoms with Crippen molar-refractivity contribution >= 4 is 7.12 Å². The molecule has 1 aliphatic rings. The van der Waals surface area contributed by atoms with Crippen LogP contribution in [-0.2, 0) is 0 Å². The summed E-state index contributed by atoms with van der Waals surface area (Å²) in [4.78, 5) is 0. The molecule has 3 heteroatoms. The molecular formula is C7H13BO2. The molecule has 10 heavy (non-hydrogen) atoms. The minimum absolute atomic E-state index is 0.599. The third-order valence-corrected chi connectivity index (χ3v) is 1.96. The van der Waals surface area contributed by atoms with Crippen LogP contribution in [0.3, 0.4) is 0 Å². The topological polar surface area (TPSA) is 40.5 Å². The zero-order valence-corrected chi connectivity index (χ0v) is 6.03. The van der Waals surface area contributed by atoms with E-state index in [1.807, 2.05) is 6.08 Å². The van der Waals surface area contributed by atoms with Crippen LogP contribution in [0, 0.1) is 5.92 Å². The van der Waals surface area contributed by atoms with E-state index in [0.29, 0.717) is 5.92 Å². The minimum Gasteiger partial charge on any atom is -0.424 e. The van der Waals surface area contributed by atoms with E-state index in [1.165, 1.54) is 31.7 Å². The Morgan fingerprint density at radius 3 is 2.30 bits per heavy atom. The maximum Gasteiger partial charge on any atom is 0.480 e. The van der Waals surface area contributed by atoms with Crippen molar-refractivity contribution in [2.75, 3.05) is 0 Å². The van der Waals surface area contributed by atoms with Crippen LogP contribution in [-0.4, -0.2) is 17.2 Å². The van der Waals surface area contributed by atoms with Crippen molar-refractivity contribution in [3.63, 3.8) is 0 Å². The number of hydrogen-bond donors (Lipinski definition) is 2. The summed E-state index contributed by atoms with van der Waals surface area (Å²) < 4.78 is 0.